The molecule has 3 rings (SSSR count). The van der Waals surface area contributed by atoms with E-state index in [1.165, 1.54) is 16.8 Å². The highest BCUT2D eigenvalue weighted by atomic mass is 35.5. The minimum absolute atomic E-state index is 0.147. The van der Waals surface area contributed by atoms with Crippen molar-refractivity contribution in [2.24, 2.45) is 0 Å². The van der Waals surface area contributed by atoms with Gasteiger partial charge in [-0.25, -0.2) is 9.07 Å². The van der Waals surface area contributed by atoms with E-state index >= 15 is 0 Å². The number of hydrogen-bond acceptors (Lipinski definition) is 1. The Morgan fingerprint density at radius 3 is 2.78 bits per heavy atom. The molecule has 18 heavy (non-hydrogen) atoms. The number of nitrogens with one attached hydrogen (secondary N) is 1. The molecule has 0 unspecified atom stereocenters. The van der Waals surface area contributed by atoms with E-state index in [1.807, 2.05) is 0 Å². The number of aromatic nitrogens is 2. The van der Waals surface area contributed by atoms with Crippen LogP contribution in [-0.2, 0) is 12.8 Å². The molecule has 0 fully saturated rings. The first-order valence-corrected chi connectivity index (χ1v) is 6.33. The molecule has 0 saturated carbocycles. The van der Waals surface area contributed by atoms with Crippen LogP contribution in [0.1, 0.15) is 24.1 Å². The summed E-state index contributed by atoms with van der Waals surface area (Å²) in [5, 5.41) is 3.32. The summed E-state index contributed by atoms with van der Waals surface area (Å²) in [4.78, 5) is 12.2. The predicted molar refractivity (Wildman–Crippen MR) is 68.0 cm³/mol. The maximum Gasteiger partial charge on any atom is 0.274 e. The maximum atomic E-state index is 13.8. The third-order valence-electron chi connectivity index (χ3n) is 3.33. The Labute approximate surface area is 108 Å². The van der Waals surface area contributed by atoms with Gasteiger partial charge in [0.2, 0.25) is 0 Å². The third kappa shape index (κ3) is 1.77. The van der Waals surface area contributed by atoms with Gasteiger partial charge in [-0.2, -0.15) is 0 Å². The number of halogens is 2. The van der Waals surface area contributed by atoms with Gasteiger partial charge in [0.15, 0.2) is 0 Å². The highest BCUT2D eigenvalue weighted by Gasteiger charge is 2.19. The Bertz CT molecular complexity index is 659. The van der Waals surface area contributed by atoms with Gasteiger partial charge >= 0.3 is 0 Å². The van der Waals surface area contributed by atoms with Crippen LogP contribution >= 0.6 is 11.6 Å². The molecule has 0 aliphatic heterocycles. The molecule has 0 spiro atoms. The SMILES string of the molecule is O=c1c2c([nH]n1-c1ccc(Cl)cc1F)CCCC2. The molecule has 2 aromatic rings. The Kier molecular flexibility index (Phi) is 2.74. The van der Waals surface area contributed by atoms with Gasteiger partial charge in [-0.05, 0) is 43.9 Å². The minimum Gasteiger partial charge on any atom is -0.295 e. The lowest BCUT2D eigenvalue weighted by atomic mass is 9.98. The van der Waals surface area contributed by atoms with Crippen LogP contribution in [0.3, 0.4) is 0 Å². The first kappa shape index (κ1) is 11.5. The van der Waals surface area contributed by atoms with Gasteiger partial charge in [0.1, 0.15) is 11.5 Å². The highest BCUT2D eigenvalue weighted by Crippen LogP contribution is 2.20. The van der Waals surface area contributed by atoms with E-state index in [4.69, 9.17) is 11.6 Å². The lowest BCUT2D eigenvalue weighted by Gasteiger charge is -2.07. The lowest BCUT2D eigenvalue weighted by molar-refractivity contribution is 0.606. The monoisotopic (exact) mass is 266 g/mol. The summed E-state index contributed by atoms with van der Waals surface area (Å²) in [7, 11) is 0. The van der Waals surface area contributed by atoms with Crippen molar-refractivity contribution in [1.29, 1.82) is 0 Å². The van der Waals surface area contributed by atoms with Crippen molar-refractivity contribution < 1.29 is 4.39 Å². The highest BCUT2D eigenvalue weighted by molar-refractivity contribution is 6.30. The second-order valence-electron chi connectivity index (χ2n) is 4.51. The predicted octanol–water partition coefficient (Wildman–Crippen LogP) is 2.84. The van der Waals surface area contributed by atoms with Gasteiger partial charge in [0, 0.05) is 16.3 Å². The first-order valence-electron chi connectivity index (χ1n) is 5.95. The topological polar surface area (TPSA) is 37.8 Å². The number of hydrogen-bond donors (Lipinski definition) is 1. The smallest absolute Gasteiger partial charge is 0.274 e. The first-order chi connectivity index (χ1) is 8.66. The van der Waals surface area contributed by atoms with Gasteiger partial charge < -0.3 is 0 Å². The lowest BCUT2D eigenvalue weighted by Crippen LogP contribution is -2.19. The van der Waals surface area contributed by atoms with Crippen LogP contribution in [0.25, 0.3) is 5.69 Å². The molecule has 5 heteroatoms. The molecule has 94 valence electrons. The average molecular weight is 267 g/mol. The van der Waals surface area contributed by atoms with Crippen LogP contribution in [0.2, 0.25) is 5.02 Å². The Balaban J connectivity index is 2.17. The fourth-order valence-corrected chi connectivity index (χ4v) is 2.58. The number of aromatic amines is 1. The fraction of sp³-hybridized carbons (Fsp3) is 0.308. The molecule has 1 aliphatic carbocycles. The van der Waals surface area contributed by atoms with Crippen molar-refractivity contribution in [2.75, 3.05) is 0 Å². The number of rotatable bonds is 1. The molecular weight excluding hydrogens is 255 g/mol. The molecule has 3 nitrogen and oxygen atoms in total. The molecule has 1 aromatic heterocycles. The Morgan fingerprint density at radius 1 is 1.28 bits per heavy atom. The summed E-state index contributed by atoms with van der Waals surface area (Å²) in [6.45, 7) is 0. The van der Waals surface area contributed by atoms with Crippen LogP contribution in [0.5, 0.6) is 0 Å². The fourth-order valence-electron chi connectivity index (χ4n) is 2.42. The van der Waals surface area contributed by atoms with Crippen LogP contribution in [0.4, 0.5) is 4.39 Å². The van der Waals surface area contributed by atoms with Crippen molar-refractivity contribution in [3.05, 3.63) is 50.7 Å². The van der Waals surface area contributed by atoms with Gasteiger partial charge in [-0.1, -0.05) is 11.6 Å². The van der Waals surface area contributed by atoms with Crippen molar-refractivity contribution in [2.45, 2.75) is 25.7 Å². The summed E-state index contributed by atoms with van der Waals surface area (Å²) < 4.78 is 15.1. The van der Waals surface area contributed by atoms with E-state index in [9.17, 15) is 9.18 Å². The van der Waals surface area contributed by atoms with Gasteiger partial charge in [-0.15, -0.1) is 0 Å². The van der Waals surface area contributed by atoms with Crippen molar-refractivity contribution >= 4 is 11.6 Å². The summed E-state index contributed by atoms with van der Waals surface area (Å²) in [5.74, 6) is -0.497. The number of aryl methyl sites for hydroxylation is 1. The summed E-state index contributed by atoms with van der Waals surface area (Å²) in [6.07, 6.45) is 3.71. The van der Waals surface area contributed by atoms with E-state index in [2.05, 4.69) is 5.10 Å². The standard InChI is InChI=1S/C13H12ClFN2O/c14-8-5-6-12(10(15)7-8)17-13(18)9-3-1-2-4-11(9)16-17/h5-7,16H,1-4H2. The molecule has 1 heterocycles. The van der Waals surface area contributed by atoms with E-state index in [1.54, 1.807) is 6.07 Å². The van der Waals surface area contributed by atoms with Crippen LogP contribution in [0.15, 0.2) is 23.0 Å². The van der Waals surface area contributed by atoms with Crippen LogP contribution in [0, 0.1) is 5.82 Å². The van der Waals surface area contributed by atoms with E-state index < -0.39 is 5.82 Å². The molecule has 0 atom stereocenters. The normalized spacial score (nSPS) is 14.6. The largest absolute Gasteiger partial charge is 0.295 e. The average Bonchev–Trinajstić information content (AvgIpc) is 2.68. The molecule has 0 amide bonds. The van der Waals surface area contributed by atoms with E-state index in [0.717, 1.165) is 36.9 Å². The van der Waals surface area contributed by atoms with Crippen molar-refractivity contribution in [1.82, 2.24) is 9.78 Å². The van der Waals surface area contributed by atoms with Gasteiger partial charge in [0.05, 0.1) is 0 Å². The molecule has 0 radical (unpaired) electrons. The number of fused-ring (bicyclic) bond motifs is 1. The van der Waals surface area contributed by atoms with E-state index in [0.29, 0.717) is 5.02 Å². The zero-order valence-electron chi connectivity index (χ0n) is 9.67. The zero-order chi connectivity index (χ0) is 12.7. The third-order valence-corrected chi connectivity index (χ3v) is 3.56. The number of H-pyrrole nitrogens is 1. The quantitative estimate of drug-likeness (QED) is 0.847. The Morgan fingerprint density at radius 2 is 2.06 bits per heavy atom. The molecule has 1 N–H and O–H groups in total. The van der Waals surface area contributed by atoms with E-state index in [-0.39, 0.29) is 11.2 Å². The second kappa shape index (κ2) is 4.28. The van der Waals surface area contributed by atoms with Crippen molar-refractivity contribution in [3.8, 4) is 5.69 Å². The summed E-state index contributed by atoms with van der Waals surface area (Å²) in [5.41, 5.74) is 1.79. The maximum absolute atomic E-state index is 13.8. The van der Waals surface area contributed by atoms with Gasteiger partial charge in [-0.3, -0.25) is 9.89 Å². The molecule has 0 saturated heterocycles. The minimum atomic E-state index is -0.497. The summed E-state index contributed by atoms with van der Waals surface area (Å²) >= 11 is 5.71. The Hall–Kier alpha value is -1.55. The zero-order valence-corrected chi connectivity index (χ0v) is 10.4. The molecule has 0 bridgehead atoms. The number of benzene rings is 1. The molecule has 1 aliphatic rings. The van der Waals surface area contributed by atoms with Crippen molar-refractivity contribution in [3.63, 3.8) is 0 Å². The molecule has 1 aromatic carbocycles. The van der Waals surface area contributed by atoms with Gasteiger partial charge in [0.25, 0.3) is 5.56 Å². The van der Waals surface area contributed by atoms with Crippen LogP contribution < -0.4 is 5.56 Å². The second-order valence-corrected chi connectivity index (χ2v) is 4.95. The molecular formula is C13H12ClFN2O. The summed E-state index contributed by atoms with van der Waals surface area (Å²) in [6, 6.07) is 4.30. The number of nitrogens with zero attached hydrogens (tertiary/aromatic N) is 1. The van der Waals surface area contributed by atoms with Crippen LogP contribution in [-0.4, -0.2) is 9.78 Å².